The first kappa shape index (κ1) is 19.9. The van der Waals surface area contributed by atoms with E-state index in [1.54, 1.807) is 6.20 Å². The molecule has 5 heteroatoms. The third-order valence-corrected chi connectivity index (χ3v) is 6.20. The quantitative estimate of drug-likeness (QED) is 0.731. The molecule has 1 aromatic carbocycles. The number of thioether (sulfide) groups is 1. The van der Waals surface area contributed by atoms with Gasteiger partial charge < -0.3 is 5.32 Å². The van der Waals surface area contributed by atoms with Crippen LogP contribution in [-0.2, 0) is 17.9 Å². The van der Waals surface area contributed by atoms with Gasteiger partial charge in [0.25, 0.3) is 0 Å². The fourth-order valence-corrected chi connectivity index (χ4v) is 4.15. The van der Waals surface area contributed by atoms with Crippen LogP contribution in [0.3, 0.4) is 0 Å². The van der Waals surface area contributed by atoms with Crippen molar-refractivity contribution >= 4 is 17.7 Å². The van der Waals surface area contributed by atoms with Gasteiger partial charge in [0.2, 0.25) is 5.91 Å². The molecule has 2 aromatic rings. The Labute approximate surface area is 166 Å². The largest absolute Gasteiger partial charge is 0.351 e. The van der Waals surface area contributed by atoms with Crippen molar-refractivity contribution in [2.75, 3.05) is 13.1 Å². The normalized spacial score (nSPS) is 16.8. The van der Waals surface area contributed by atoms with E-state index in [0.29, 0.717) is 6.54 Å². The number of benzene rings is 1. The number of nitrogens with one attached hydrogen (secondary N) is 1. The van der Waals surface area contributed by atoms with Crippen molar-refractivity contribution in [1.82, 2.24) is 15.2 Å². The van der Waals surface area contributed by atoms with Gasteiger partial charge in [0.05, 0.1) is 10.3 Å². The molecular weight excluding hydrogens is 354 g/mol. The summed E-state index contributed by atoms with van der Waals surface area (Å²) in [6.45, 7) is 8.14. The van der Waals surface area contributed by atoms with E-state index in [1.807, 2.05) is 25.1 Å². The van der Waals surface area contributed by atoms with Crippen LogP contribution in [0.1, 0.15) is 37.8 Å². The molecule has 1 N–H and O–H groups in total. The molecule has 3 rings (SSSR count). The number of carbonyl (C=O) groups excluding carboxylic acids is 1. The predicted molar refractivity (Wildman–Crippen MR) is 112 cm³/mol. The first-order valence-corrected chi connectivity index (χ1v) is 10.6. The fourth-order valence-electron chi connectivity index (χ4n) is 3.32. The van der Waals surface area contributed by atoms with Crippen LogP contribution in [0.15, 0.2) is 53.7 Å². The second kappa shape index (κ2) is 9.90. The number of hydrogen-bond donors (Lipinski definition) is 1. The maximum absolute atomic E-state index is 12.5. The molecule has 0 radical (unpaired) electrons. The van der Waals surface area contributed by atoms with Gasteiger partial charge in [0.1, 0.15) is 0 Å². The highest BCUT2D eigenvalue weighted by Gasteiger charge is 2.18. The van der Waals surface area contributed by atoms with Crippen LogP contribution >= 0.6 is 11.8 Å². The van der Waals surface area contributed by atoms with E-state index in [1.165, 1.54) is 48.8 Å². The van der Waals surface area contributed by atoms with Gasteiger partial charge in [-0.1, -0.05) is 49.0 Å². The van der Waals surface area contributed by atoms with Crippen LogP contribution in [0.2, 0.25) is 0 Å². The maximum atomic E-state index is 12.5. The summed E-state index contributed by atoms with van der Waals surface area (Å²) in [6.07, 6.45) is 4.31. The number of rotatable bonds is 7. The van der Waals surface area contributed by atoms with Gasteiger partial charge in [-0.2, -0.15) is 0 Å². The molecule has 2 heterocycles. The third kappa shape index (κ3) is 6.08. The van der Waals surface area contributed by atoms with E-state index in [4.69, 9.17) is 0 Å². The van der Waals surface area contributed by atoms with Crippen molar-refractivity contribution in [3.8, 4) is 0 Å². The first-order chi connectivity index (χ1) is 13.1. The van der Waals surface area contributed by atoms with Crippen molar-refractivity contribution in [3.05, 3.63) is 59.8 Å². The Morgan fingerprint density at radius 1 is 1.19 bits per heavy atom. The molecular formula is C22H29N3OS. The van der Waals surface area contributed by atoms with Crippen LogP contribution in [0, 0.1) is 5.92 Å². The second-order valence-corrected chi connectivity index (χ2v) is 8.73. The van der Waals surface area contributed by atoms with Crippen molar-refractivity contribution < 1.29 is 4.79 Å². The van der Waals surface area contributed by atoms with Crippen LogP contribution < -0.4 is 5.32 Å². The van der Waals surface area contributed by atoms with Gasteiger partial charge in [-0.3, -0.25) is 9.69 Å². The number of hydrogen-bond acceptors (Lipinski definition) is 4. The second-order valence-electron chi connectivity index (χ2n) is 7.37. The Morgan fingerprint density at radius 3 is 2.59 bits per heavy atom. The van der Waals surface area contributed by atoms with Gasteiger partial charge in [0, 0.05) is 19.3 Å². The molecule has 27 heavy (non-hydrogen) atoms. The Hall–Kier alpha value is -1.85. The number of piperidine rings is 1. The summed E-state index contributed by atoms with van der Waals surface area (Å²) in [5, 5.41) is 3.80. The number of nitrogens with zero attached hydrogens (tertiary/aromatic N) is 2. The van der Waals surface area contributed by atoms with Gasteiger partial charge >= 0.3 is 0 Å². The molecule has 1 amide bonds. The Morgan fingerprint density at radius 2 is 1.89 bits per heavy atom. The van der Waals surface area contributed by atoms with E-state index in [0.717, 1.165) is 17.5 Å². The minimum absolute atomic E-state index is 0.0484. The molecule has 0 unspecified atom stereocenters. The van der Waals surface area contributed by atoms with Crippen LogP contribution in [0.4, 0.5) is 0 Å². The van der Waals surface area contributed by atoms with Crippen LogP contribution in [0.5, 0.6) is 0 Å². The lowest BCUT2D eigenvalue weighted by molar-refractivity contribution is -0.120. The summed E-state index contributed by atoms with van der Waals surface area (Å²) in [4.78, 5) is 19.3. The lowest BCUT2D eigenvalue weighted by Gasteiger charge is -2.30. The SMILES string of the molecule is CC1CCN(Cc2ccccc2CNC(=O)[C@H](C)Sc2ccccn2)CC1. The number of amides is 1. The molecule has 0 spiro atoms. The zero-order chi connectivity index (χ0) is 19.1. The lowest BCUT2D eigenvalue weighted by Crippen LogP contribution is -2.33. The fraction of sp³-hybridized carbons (Fsp3) is 0.455. The lowest BCUT2D eigenvalue weighted by atomic mass is 9.98. The predicted octanol–water partition coefficient (Wildman–Crippen LogP) is 4.11. The topological polar surface area (TPSA) is 45.2 Å². The summed E-state index contributed by atoms with van der Waals surface area (Å²) >= 11 is 1.49. The molecule has 1 saturated heterocycles. The van der Waals surface area contributed by atoms with Gasteiger partial charge in [-0.15, -0.1) is 0 Å². The first-order valence-electron chi connectivity index (χ1n) is 9.76. The molecule has 0 bridgehead atoms. The molecule has 144 valence electrons. The Bertz CT molecular complexity index is 729. The highest BCUT2D eigenvalue weighted by Crippen LogP contribution is 2.21. The molecule has 0 saturated carbocycles. The van der Waals surface area contributed by atoms with E-state index in [9.17, 15) is 4.79 Å². The number of likely N-dealkylation sites (tertiary alicyclic amines) is 1. The maximum Gasteiger partial charge on any atom is 0.233 e. The smallest absolute Gasteiger partial charge is 0.233 e. The third-order valence-electron chi connectivity index (χ3n) is 5.15. The van der Waals surface area contributed by atoms with Crippen LogP contribution in [0.25, 0.3) is 0 Å². The number of aromatic nitrogens is 1. The molecule has 4 nitrogen and oxygen atoms in total. The Kier molecular flexibility index (Phi) is 7.30. The minimum atomic E-state index is -0.171. The zero-order valence-corrected chi connectivity index (χ0v) is 17.0. The molecule has 1 aliphatic rings. The standard InChI is InChI=1S/C22H29N3OS/c1-17-10-13-25(14-11-17)16-20-8-4-3-7-19(20)15-24-22(26)18(2)27-21-9-5-6-12-23-21/h3-9,12,17-18H,10-11,13-16H2,1-2H3,(H,24,26)/t18-/m0/s1. The van der Waals surface area contributed by atoms with Gasteiger partial charge in [0.15, 0.2) is 0 Å². The van der Waals surface area contributed by atoms with E-state index in [-0.39, 0.29) is 11.2 Å². The van der Waals surface area contributed by atoms with Crippen molar-refractivity contribution in [2.24, 2.45) is 5.92 Å². The monoisotopic (exact) mass is 383 g/mol. The van der Waals surface area contributed by atoms with Gasteiger partial charge in [-0.05, 0) is 62.0 Å². The Balaban J connectivity index is 1.53. The summed E-state index contributed by atoms with van der Waals surface area (Å²) in [7, 11) is 0. The summed E-state index contributed by atoms with van der Waals surface area (Å²) < 4.78 is 0. The van der Waals surface area contributed by atoms with Gasteiger partial charge in [-0.25, -0.2) is 4.98 Å². The highest BCUT2D eigenvalue weighted by atomic mass is 32.2. The summed E-state index contributed by atoms with van der Waals surface area (Å²) in [5.41, 5.74) is 2.52. The van der Waals surface area contributed by atoms with Crippen molar-refractivity contribution in [2.45, 2.75) is 50.1 Å². The average Bonchev–Trinajstić information content (AvgIpc) is 2.69. The molecule has 1 atom stereocenters. The zero-order valence-electron chi connectivity index (χ0n) is 16.2. The van der Waals surface area contributed by atoms with E-state index < -0.39 is 0 Å². The van der Waals surface area contributed by atoms with E-state index in [2.05, 4.69) is 46.4 Å². The minimum Gasteiger partial charge on any atom is -0.351 e. The number of carbonyl (C=O) groups is 1. The van der Waals surface area contributed by atoms with Crippen LogP contribution in [-0.4, -0.2) is 34.1 Å². The summed E-state index contributed by atoms with van der Waals surface area (Å²) in [5.74, 6) is 0.890. The number of pyridine rings is 1. The summed E-state index contributed by atoms with van der Waals surface area (Å²) in [6, 6.07) is 14.2. The molecule has 1 fully saturated rings. The molecule has 1 aliphatic heterocycles. The highest BCUT2D eigenvalue weighted by molar-refractivity contribution is 8.00. The molecule has 0 aliphatic carbocycles. The average molecular weight is 384 g/mol. The van der Waals surface area contributed by atoms with E-state index >= 15 is 0 Å². The molecule has 1 aromatic heterocycles. The van der Waals surface area contributed by atoms with Crippen molar-refractivity contribution in [3.63, 3.8) is 0 Å². The van der Waals surface area contributed by atoms with Crippen molar-refractivity contribution in [1.29, 1.82) is 0 Å².